The van der Waals surface area contributed by atoms with Gasteiger partial charge in [-0.2, -0.15) is 0 Å². The number of hydrogen-bond acceptors (Lipinski definition) is 4. The van der Waals surface area contributed by atoms with E-state index in [0.717, 1.165) is 18.8 Å². The molecule has 0 aliphatic carbocycles. The molecule has 0 spiro atoms. The predicted molar refractivity (Wildman–Crippen MR) is 78.5 cm³/mol. The maximum Gasteiger partial charge on any atom is 0.407 e. The van der Waals surface area contributed by atoms with Crippen LogP contribution in [0.15, 0.2) is 12.4 Å². The SMILES string of the molecule is CCCn1ccnc1CNCCNC(=O)OC(C)(C)C. The summed E-state index contributed by atoms with van der Waals surface area (Å²) < 4.78 is 7.28. The Morgan fingerprint density at radius 2 is 2.15 bits per heavy atom. The molecule has 114 valence electrons. The number of nitrogens with zero attached hydrogens (tertiary/aromatic N) is 2. The molecule has 20 heavy (non-hydrogen) atoms. The molecule has 1 aromatic heterocycles. The average Bonchev–Trinajstić information content (AvgIpc) is 2.74. The molecule has 6 heteroatoms. The number of amides is 1. The monoisotopic (exact) mass is 282 g/mol. The Hall–Kier alpha value is -1.56. The molecule has 0 saturated carbocycles. The van der Waals surface area contributed by atoms with E-state index in [1.807, 2.05) is 33.2 Å². The van der Waals surface area contributed by atoms with Gasteiger partial charge in [0.15, 0.2) is 0 Å². The van der Waals surface area contributed by atoms with E-state index >= 15 is 0 Å². The van der Waals surface area contributed by atoms with Crippen molar-refractivity contribution in [1.82, 2.24) is 20.2 Å². The molecule has 1 rings (SSSR count). The van der Waals surface area contributed by atoms with Gasteiger partial charge in [0.2, 0.25) is 0 Å². The first-order valence-electron chi connectivity index (χ1n) is 7.10. The minimum atomic E-state index is -0.456. The van der Waals surface area contributed by atoms with Crippen LogP contribution in [-0.2, 0) is 17.8 Å². The minimum absolute atomic E-state index is 0.383. The van der Waals surface area contributed by atoms with Gasteiger partial charge in [0.05, 0.1) is 6.54 Å². The summed E-state index contributed by atoms with van der Waals surface area (Å²) in [7, 11) is 0. The van der Waals surface area contributed by atoms with E-state index < -0.39 is 5.60 Å². The molecule has 2 N–H and O–H groups in total. The van der Waals surface area contributed by atoms with E-state index in [1.54, 1.807) is 0 Å². The number of carbonyl (C=O) groups is 1. The zero-order chi connectivity index (χ0) is 15.0. The fraction of sp³-hybridized carbons (Fsp3) is 0.714. The van der Waals surface area contributed by atoms with Gasteiger partial charge >= 0.3 is 6.09 Å². The number of nitrogens with one attached hydrogen (secondary N) is 2. The third-order valence-corrected chi connectivity index (χ3v) is 2.52. The highest BCUT2D eigenvalue weighted by Crippen LogP contribution is 2.06. The maximum atomic E-state index is 11.4. The molecule has 1 aromatic rings. The molecule has 0 bridgehead atoms. The number of aromatic nitrogens is 2. The molecule has 0 saturated heterocycles. The molecular formula is C14H26N4O2. The second-order valence-corrected chi connectivity index (χ2v) is 5.64. The lowest BCUT2D eigenvalue weighted by Gasteiger charge is -2.19. The summed E-state index contributed by atoms with van der Waals surface area (Å²) in [5.74, 6) is 1.02. The minimum Gasteiger partial charge on any atom is -0.444 e. The van der Waals surface area contributed by atoms with E-state index in [4.69, 9.17) is 4.74 Å². The van der Waals surface area contributed by atoms with Crippen LogP contribution in [0.25, 0.3) is 0 Å². The highest BCUT2D eigenvalue weighted by molar-refractivity contribution is 5.67. The van der Waals surface area contributed by atoms with E-state index in [-0.39, 0.29) is 6.09 Å². The van der Waals surface area contributed by atoms with Gasteiger partial charge < -0.3 is 19.9 Å². The largest absolute Gasteiger partial charge is 0.444 e. The molecule has 0 aliphatic heterocycles. The maximum absolute atomic E-state index is 11.4. The summed E-state index contributed by atoms with van der Waals surface area (Å²) in [6.07, 6.45) is 4.50. The molecule has 0 atom stereocenters. The summed E-state index contributed by atoms with van der Waals surface area (Å²) in [6, 6.07) is 0. The number of alkyl carbamates (subject to hydrolysis) is 1. The molecule has 1 heterocycles. The number of hydrogen-bond donors (Lipinski definition) is 2. The van der Waals surface area contributed by atoms with Crippen molar-refractivity contribution in [2.45, 2.75) is 52.8 Å². The summed E-state index contributed by atoms with van der Waals surface area (Å²) in [6.45, 7) is 10.6. The Morgan fingerprint density at radius 3 is 2.80 bits per heavy atom. The Morgan fingerprint density at radius 1 is 1.40 bits per heavy atom. The number of carbonyl (C=O) groups excluding carboxylic acids is 1. The van der Waals surface area contributed by atoms with Crippen LogP contribution in [0.3, 0.4) is 0 Å². The lowest BCUT2D eigenvalue weighted by atomic mass is 10.2. The summed E-state index contributed by atoms with van der Waals surface area (Å²) in [5, 5.41) is 5.96. The van der Waals surface area contributed by atoms with Crippen LogP contribution in [0.5, 0.6) is 0 Å². The Labute approximate surface area is 120 Å². The zero-order valence-electron chi connectivity index (χ0n) is 12.9. The van der Waals surface area contributed by atoms with E-state index in [0.29, 0.717) is 19.6 Å². The van der Waals surface area contributed by atoms with Gasteiger partial charge in [0.1, 0.15) is 11.4 Å². The van der Waals surface area contributed by atoms with Gasteiger partial charge in [-0.05, 0) is 27.2 Å². The van der Waals surface area contributed by atoms with Gasteiger partial charge in [0.25, 0.3) is 0 Å². The topological polar surface area (TPSA) is 68.2 Å². The Bertz CT molecular complexity index is 410. The highest BCUT2D eigenvalue weighted by atomic mass is 16.6. The lowest BCUT2D eigenvalue weighted by Crippen LogP contribution is -2.36. The van der Waals surface area contributed by atoms with Crippen LogP contribution >= 0.6 is 0 Å². The van der Waals surface area contributed by atoms with Crippen molar-refractivity contribution in [1.29, 1.82) is 0 Å². The van der Waals surface area contributed by atoms with E-state index in [2.05, 4.69) is 27.1 Å². The first kappa shape index (κ1) is 16.5. The number of imidazole rings is 1. The number of ether oxygens (including phenoxy) is 1. The first-order valence-corrected chi connectivity index (χ1v) is 7.10. The van der Waals surface area contributed by atoms with Crippen molar-refractivity contribution in [3.63, 3.8) is 0 Å². The predicted octanol–water partition coefficient (Wildman–Crippen LogP) is 1.91. The van der Waals surface area contributed by atoms with Crippen molar-refractivity contribution in [2.75, 3.05) is 13.1 Å². The molecule has 6 nitrogen and oxygen atoms in total. The molecule has 0 fully saturated rings. The van der Waals surface area contributed by atoms with Crippen molar-refractivity contribution in [3.8, 4) is 0 Å². The first-order chi connectivity index (χ1) is 9.42. The Balaban J connectivity index is 2.16. The third-order valence-electron chi connectivity index (χ3n) is 2.52. The lowest BCUT2D eigenvalue weighted by molar-refractivity contribution is 0.0528. The molecular weight excluding hydrogens is 256 g/mol. The average molecular weight is 282 g/mol. The second-order valence-electron chi connectivity index (χ2n) is 5.64. The van der Waals surface area contributed by atoms with Gasteiger partial charge in [-0.25, -0.2) is 9.78 Å². The van der Waals surface area contributed by atoms with Crippen LogP contribution in [-0.4, -0.2) is 34.3 Å². The molecule has 0 aromatic carbocycles. The highest BCUT2D eigenvalue weighted by Gasteiger charge is 2.15. The quantitative estimate of drug-likeness (QED) is 0.750. The van der Waals surface area contributed by atoms with Crippen LogP contribution in [0, 0.1) is 0 Å². The van der Waals surface area contributed by atoms with Gasteiger partial charge in [0, 0.05) is 32.0 Å². The summed E-state index contributed by atoms with van der Waals surface area (Å²) in [4.78, 5) is 15.7. The molecule has 0 unspecified atom stereocenters. The summed E-state index contributed by atoms with van der Waals surface area (Å²) >= 11 is 0. The standard InChI is InChI=1S/C14H26N4O2/c1-5-9-18-10-8-16-12(18)11-15-6-7-17-13(19)20-14(2,3)4/h8,10,15H,5-7,9,11H2,1-4H3,(H,17,19). The van der Waals surface area contributed by atoms with Crippen molar-refractivity contribution in [2.24, 2.45) is 0 Å². The van der Waals surface area contributed by atoms with E-state index in [1.165, 1.54) is 0 Å². The fourth-order valence-electron chi connectivity index (χ4n) is 1.72. The fourth-order valence-corrected chi connectivity index (χ4v) is 1.72. The number of aryl methyl sites for hydroxylation is 1. The second kappa shape index (κ2) is 7.89. The van der Waals surface area contributed by atoms with Crippen molar-refractivity contribution in [3.05, 3.63) is 18.2 Å². The van der Waals surface area contributed by atoms with Crippen LogP contribution in [0.4, 0.5) is 4.79 Å². The molecule has 0 radical (unpaired) electrons. The number of rotatable bonds is 7. The summed E-state index contributed by atoms with van der Waals surface area (Å²) in [5.41, 5.74) is -0.456. The van der Waals surface area contributed by atoms with E-state index in [9.17, 15) is 4.79 Å². The van der Waals surface area contributed by atoms with Crippen molar-refractivity contribution < 1.29 is 9.53 Å². The van der Waals surface area contributed by atoms with Crippen LogP contribution in [0.1, 0.15) is 39.9 Å². The molecule has 1 amide bonds. The van der Waals surface area contributed by atoms with Gasteiger partial charge in [-0.15, -0.1) is 0 Å². The van der Waals surface area contributed by atoms with Gasteiger partial charge in [-0.3, -0.25) is 0 Å². The van der Waals surface area contributed by atoms with Crippen LogP contribution < -0.4 is 10.6 Å². The van der Waals surface area contributed by atoms with Gasteiger partial charge in [-0.1, -0.05) is 6.92 Å². The normalized spacial score (nSPS) is 11.4. The van der Waals surface area contributed by atoms with Crippen molar-refractivity contribution >= 4 is 6.09 Å². The zero-order valence-corrected chi connectivity index (χ0v) is 12.9. The molecule has 0 aliphatic rings. The smallest absolute Gasteiger partial charge is 0.407 e. The van der Waals surface area contributed by atoms with Crippen LogP contribution in [0.2, 0.25) is 0 Å². The third kappa shape index (κ3) is 6.56. The Kier molecular flexibility index (Phi) is 6.51.